The molecule has 0 aliphatic carbocycles. The van der Waals surface area contributed by atoms with Crippen LogP contribution < -0.4 is 9.64 Å². The van der Waals surface area contributed by atoms with E-state index in [9.17, 15) is 9.90 Å². The number of hydrogen-bond acceptors (Lipinski definition) is 5. The van der Waals surface area contributed by atoms with Gasteiger partial charge in [-0.3, -0.25) is 9.69 Å². The molecule has 142 valence electrons. The van der Waals surface area contributed by atoms with E-state index < -0.39 is 0 Å². The monoisotopic (exact) mass is 410 g/mol. The average molecular weight is 411 g/mol. The number of aromatic nitrogens is 1. The number of fused-ring (bicyclic) bond motifs is 1. The molecule has 5 nitrogen and oxygen atoms in total. The van der Waals surface area contributed by atoms with Gasteiger partial charge in [-0.1, -0.05) is 24.0 Å². The fourth-order valence-corrected chi connectivity index (χ4v) is 4.59. The number of carbonyl (C=O) groups excluding carboxylic acids is 1. The van der Waals surface area contributed by atoms with Gasteiger partial charge in [-0.2, -0.15) is 0 Å². The minimum Gasteiger partial charge on any atom is -0.508 e. The van der Waals surface area contributed by atoms with E-state index >= 15 is 0 Å². The molecule has 2 aromatic carbocycles. The van der Waals surface area contributed by atoms with Crippen molar-refractivity contribution in [1.82, 2.24) is 4.57 Å². The highest BCUT2D eigenvalue weighted by atomic mass is 32.2. The van der Waals surface area contributed by atoms with E-state index in [4.69, 9.17) is 17.0 Å². The molecule has 0 bridgehead atoms. The highest BCUT2D eigenvalue weighted by Crippen LogP contribution is 2.38. The molecule has 1 amide bonds. The average Bonchev–Trinajstić information content (AvgIpc) is 3.10. The number of phenolic OH excluding ortho intramolecular Hbond substituents is 1. The third-order valence-electron chi connectivity index (χ3n) is 4.93. The number of nitrogens with zero attached hydrogens (tertiary/aromatic N) is 2. The number of anilines is 1. The maximum Gasteiger partial charge on any atom is 0.270 e. The standard InChI is InChI=1S/C21H18N2O3S2/c1-12-16(17-10-15(26-3)8-9-18(17)22(12)2)11-19-20(25)23(21(27)28-19)13-4-6-14(24)7-5-13/h4-11,24H,1-3H3/b19-11+. The van der Waals surface area contributed by atoms with Crippen LogP contribution in [0.2, 0.25) is 0 Å². The molecule has 1 aromatic heterocycles. The van der Waals surface area contributed by atoms with Crippen molar-refractivity contribution in [3.8, 4) is 11.5 Å². The van der Waals surface area contributed by atoms with E-state index in [1.54, 1.807) is 31.4 Å². The summed E-state index contributed by atoms with van der Waals surface area (Å²) in [5, 5.41) is 10.5. The van der Waals surface area contributed by atoms with Gasteiger partial charge in [0.05, 0.1) is 17.7 Å². The van der Waals surface area contributed by atoms with Gasteiger partial charge in [0.1, 0.15) is 11.5 Å². The van der Waals surface area contributed by atoms with Gasteiger partial charge in [0.2, 0.25) is 0 Å². The second-order valence-corrected chi connectivity index (χ2v) is 8.15. The Balaban J connectivity index is 1.79. The van der Waals surface area contributed by atoms with Crippen molar-refractivity contribution in [3.63, 3.8) is 0 Å². The summed E-state index contributed by atoms with van der Waals surface area (Å²) in [6.07, 6.45) is 1.90. The zero-order chi connectivity index (χ0) is 20.0. The highest BCUT2D eigenvalue weighted by Gasteiger charge is 2.33. The van der Waals surface area contributed by atoms with Gasteiger partial charge in [0, 0.05) is 29.2 Å². The first-order chi connectivity index (χ1) is 13.4. The fraction of sp³-hybridized carbons (Fsp3) is 0.143. The minimum absolute atomic E-state index is 0.144. The fourth-order valence-electron chi connectivity index (χ4n) is 3.31. The molecule has 0 unspecified atom stereocenters. The van der Waals surface area contributed by atoms with Gasteiger partial charge in [-0.05, 0) is 55.5 Å². The first-order valence-electron chi connectivity index (χ1n) is 8.60. The Morgan fingerprint density at radius 3 is 2.57 bits per heavy atom. The van der Waals surface area contributed by atoms with Crippen LogP contribution in [0.15, 0.2) is 47.4 Å². The summed E-state index contributed by atoms with van der Waals surface area (Å²) in [7, 11) is 3.64. The molecule has 2 heterocycles. The number of amides is 1. The lowest BCUT2D eigenvalue weighted by Crippen LogP contribution is -2.27. The van der Waals surface area contributed by atoms with Crippen molar-refractivity contribution in [2.45, 2.75) is 6.92 Å². The third kappa shape index (κ3) is 2.96. The molecule has 1 saturated heterocycles. The second-order valence-electron chi connectivity index (χ2n) is 6.47. The number of thioether (sulfide) groups is 1. The number of rotatable bonds is 3. The zero-order valence-corrected chi connectivity index (χ0v) is 17.2. The Kier molecular flexibility index (Phi) is 4.64. The summed E-state index contributed by atoms with van der Waals surface area (Å²) in [5.74, 6) is 0.745. The molecular weight excluding hydrogens is 392 g/mol. The van der Waals surface area contributed by atoms with E-state index in [-0.39, 0.29) is 11.7 Å². The largest absolute Gasteiger partial charge is 0.508 e. The number of benzene rings is 2. The molecular formula is C21H18N2O3S2. The number of thiocarbonyl (C=S) groups is 1. The molecule has 7 heteroatoms. The molecule has 0 radical (unpaired) electrons. The number of aryl methyl sites for hydroxylation is 1. The maximum atomic E-state index is 13.0. The highest BCUT2D eigenvalue weighted by molar-refractivity contribution is 8.27. The summed E-state index contributed by atoms with van der Waals surface area (Å²) >= 11 is 6.72. The summed E-state index contributed by atoms with van der Waals surface area (Å²) in [6.45, 7) is 2.03. The first-order valence-corrected chi connectivity index (χ1v) is 9.83. The Bertz CT molecular complexity index is 1150. The van der Waals surface area contributed by atoms with Crippen molar-refractivity contribution < 1.29 is 14.6 Å². The van der Waals surface area contributed by atoms with E-state index in [1.807, 2.05) is 38.2 Å². The number of hydrogen-bond donors (Lipinski definition) is 1. The van der Waals surface area contributed by atoms with Crippen LogP contribution in [0.5, 0.6) is 11.5 Å². The molecule has 0 saturated carbocycles. The lowest BCUT2D eigenvalue weighted by atomic mass is 10.1. The van der Waals surface area contributed by atoms with Gasteiger partial charge < -0.3 is 14.4 Å². The van der Waals surface area contributed by atoms with Crippen molar-refractivity contribution >= 4 is 56.9 Å². The van der Waals surface area contributed by atoms with Crippen LogP contribution in [-0.4, -0.2) is 27.0 Å². The van der Waals surface area contributed by atoms with Crippen LogP contribution in [0, 0.1) is 6.92 Å². The lowest BCUT2D eigenvalue weighted by Gasteiger charge is -2.14. The van der Waals surface area contributed by atoms with Crippen molar-refractivity contribution in [3.05, 3.63) is 58.6 Å². The van der Waals surface area contributed by atoms with Crippen molar-refractivity contribution in [2.24, 2.45) is 7.05 Å². The summed E-state index contributed by atoms with van der Waals surface area (Å²) < 4.78 is 7.94. The number of phenols is 1. The van der Waals surface area contributed by atoms with Crippen molar-refractivity contribution in [1.29, 1.82) is 0 Å². The predicted molar refractivity (Wildman–Crippen MR) is 118 cm³/mol. The van der Waals surface area contributed by atoms with Crippen LogP contribution in [0.4, 0.5) is 5.69 Å². The molecule has 1 aliphatic heterocycles. The summed E-state index contributed by atoms with van der Waals surface area (Å²) in [6, 6.07) is 12.4. The summed E-state index contributed by atoms with van der Waals surface area (Å²) in [4.78, 5) is 15.1. The van der Waals surface area contributed by atoms with Gasteiger partial charge >= 0.3 is 0 Å². The molecule has 28 heavy (non-hydrogen) atoms. The van der Waals surface area contributed by atoms with Crippen LogP contribution in [0.3, 0.4) is 0 Å². The van der Waals surface area contributed by atoms with E-state index in [0.29, 0.717) is 14.9 Å². The first kappa shape index (κ1) is 18.6. The lowest BCUT2D eigenvalue weighted by molar-refractivity contribution is -0.113. The van der Waals surface area contributed by atoms with Gasteiger partial charge in [-0.15, -0.1) is 0 Å². The van der Waals surface area contributed by atoms with Crippen LogP contribution in [0.25, 0.3) is 17.0 Å². The molecule has 0 atom stereocenters. The van der Waals surface area contributed by atoms with Crippen LogP contribution in [0.1, 0.15) is 11.3 Å². The molecule has 4 rings (SSSR count). The number of carbonyl (C=O) groups is 1. The molecule has 3 aromatic rings. The second kappa shape index (κ2) is 7.00. The van der Waals surface area contributed by atoms with E-state index in [0.717, 1.165) is 27.9 Å². The topological polar surface area (TPSA) is 54.7 Å². The Morgan fingerprint density at radius 1 is 1.18 bits per heavy atom. The van der Waals surface area contributed by atoms with Crippen LogP contribution in [-0.2, 0) is 11.8 Å². The van der Waals surface area contributed by atoms with Gasteiger partial charge in [-0.25, -0.2) is 0 Å². The summed E-state index contributed by atoms with van der Waals surface area (Å²) in [5.41, 5.74) is 3.74. The Morgan fingerprint density at radius 2 is 1.89 bits per heavy atom. The molecule has 1 N–H and O–H groups in total. The minimum atomic E-state index is -0.167. The quantitative estimate of drug-likeness (QED) is 0.505. The van der Waals surface area contributed by atoms with Crippen molar-refractivity contribution in [2.75, 3.05) is 12.0 Å². The Labute approximate surface area is 172 Å². The predicted octanol–water partition coefficient (Wildman–Crippen LogP) is 4.61. The SMILES string of the molecule is COc1ccc2c(c1)c(/C=C1/SC(=S)N(c3ccc(O)cc3)C1=O)c(C)n2C. The van der Waals surface area contributed by atoms with E-state index in [2.05, 4.69) is 4.57 Å². The Hall–Kier alpha value is -2.77. The molecule has 0 spiro atoms. The number of ether oxygens (including phenoxy) is 1. The van der Waals surface area contributed by atoms with E-state index in [1.165, 1.54) is 16.7 Å². The third-order valence-corrected chi connectivity index (χ3v) is 6.23. The molecule has 1 fully saturated rings. The molecule has 1 aliphatic rings. The number of aromatic hydroxyl groups is 1. The normalized spacial score (nSPS) is 15.8. The van der Waals surface area contributed by atoms with Gasteiger partial charge in [0.25, 0.3) is 5.91 Å². The smallest absolute Gasteiger partial charge is 0.270 e. The maximum absolute atomic E-state index is 13.0. The number of methoxy groups -OCH3 is 1. The zero-order valence-electron chi connectivity index (χ0n) is 15.6. The van der Waals surface area contributed by atoms with Crippen LogP contribution >= 0.6 is 24.0 Å². The van der Waals surface area contributed by atoms with Gasteiger partial charge in [0.15, 0.2) is 4.32 Å².